The second kappa shape index (κ2) is 15.9. The van der Waals surface area contributed by atoms with Gasteiger partial charge >= 0.3 is 12.1 Å². The zero-order valence-electron chi connectivity index (χ0n) is 35.2. The summed E-state index contributed by atoms with van der Waals surface area (Å²) in [4.78, 5) is 75.2. The van der Waals surface area contributed by atoms with Gasteiger partial charge in [-0.25, -0.2) is 9.59 Å². The zero-order chi connectivity index (χ0) is 42.0. The maximum Gasteiger partial charge on any atom is 0.328 e. The first-order valence-electron chi connectivity index (χ1n) is 22.7. The van der Waals surface area contributed by atoms with E-state index in [1.165, 1.54) is 9.80 Å². The molecule has 4 aromatic rings. The van der Waals surface area contributed by atoms with Crippen molar-refractivity contribution in [3.63, 3.8) is 0 Å². The molecule has 15 heteroatoms. The van der Waals surface area contributed by atoms with Gasteiger partial charge in [-0.2, -0.15) is 0 Å². The Kier molecular flexibility index (Phi) is 10.2. The molecule has 8 fully saturated rings. The predicted octanol–water partition coefficient (Wildman–Crippen LogP) is 4.05. The van der Waals surface area contributed by atoms with Crippen molar-refractivity contribution in [2.75, 3.05) is 91.9 Å². The number of hydrogen-bond donors (Lipinski definition) is 1. The molecule has 0 unspecified atom stereocenters. The standard InChI is InChI=1S/C24H28N4O3.C23H27N5O3/c29-22-24-7-3-5-19(24)15-21(18-14-17-4-1-2-6-20(17)25-16-18)28(24)23(30)27(22)9-8-26-10-12-31-13-11-26;29-21-23-15-24-14-18(23)12-20(17-11-16-3-1-2-4-19(16)25-13-17)28(23)22(30)27(21)6-5-26-7-9-31-10-8-26/h1-2,4,6,14,16,19,21H,3,5,7-13,15H2;1-4,11,13,18,20,24H,5-10,12,14-15H2/t19-,21+,24-;18-,20-,23+/m01/s1. The lowest BCUT2D eigenvalue weighted by Crippen LogP contribution is -2.51. The molecule has 2 aromatic carbocycles. The molecule has 7 saturated heterocycles. The maximum atomic E-state index is 13.7. The zero-order valence-corrected chi connectivity index (χ0v) is 35.2. The van der Waals surface area contributed by atoms with Gasteiger partial charge in [0.05, 0.1) is 49.5 Å². The first kappa shape index (κ1) is 39.8. The number of fused-ring (bicyclic) bond motifs is 2. The van der Waals surface area contributed by atoms with Crippen molar-refractivity contribution >= 4 is 45.7 Å². The number of hydrogen-bond acceptors (Lipinski definition) is 11. The van der Waals surface area contributed by atoms with Gasteiger partial charge in [0.2, 0.25) is 0 Å². The van der Waals surface area contributed by atoms with Gasteiger partial charge in [0.1, 0.15) is 11.1 Å². The third kappa shape index (κ3) is 6.33. The highest BCUT2D eigenvalue weighted by molar-refractivity contribution is 6.09. The van der Waals surface area contributed by atoms with Gasteiger partial charge in [-0.3, -0.25) is 39.2 Å². The highest BCUT2D eigenvalue weighted by atomic mass is 16.5. The summed E-state index contributed by atoms with van der Waals surface area (Å²) < 4.78 is 10.8. The lowest BCUT2D eigenvalue weighted by Gasteiger charge is -2.31. The van der Waals surface area contributed by atoms with Crippen LogP contribution in [0.5, 0.6) is 0 Å². The summed E-state index contributed by atoms with van der Waals surface area (Å²) in [6.07, 6.45) is 8.24. The lowest BCUT2D eigenvalue weighted by atomic mass is 9.87. The molecule has 1 aliphatic carbocycles. The van der Waals surface area contributed by atoms with Crippen molar-refractivity contribution < 1.29 is 28.7 Å². The third-order valence-electron chi connectivity index (χ3n) is 15.3. The Balaban J connectivity index is 0.000000139. The number of benzene rings is 2. The monoisotopic (exact) mass is 841 g/mol. The van der Waals surface area contributed by atoms with E-state index in [0.717, 1.165) is 118 Å². The number of ether oxygens (including phenoxy) is 2. The molecule has 6 amide bonds. The SMILES string of the molecule is O=C1N(CCN2CCOCC2)C(=O)[C@]23CCC[C@H]2C[C@H](c2cnc4ccccc4c2)N13.O=C1N(CCN2CCOCC2)C(=O)[C@]23CNC[C@H]2C[C@H](c2cnc4ccccc4c2)N13. The first-order chi connectivity index (χ1) is 30.4. The Morgan fingerprint density at radius 1 is 0.629 bits per heavy atom. The molecular formula is C47H55N9O6. The minimum atomic E-state index is -0.752. The van der Waals surface area contributed by atoms with Crippen LogP contribution in [0.1, 0.15) is 55.3 Å². The van der Waals surface area contributed by atoms with Gasteiger partial charge in [-0.05, 0) is 67.0 Å². The van der Waals surface area contributed by atoms with E-state index >= 15 is 0 Å². The predicted molar refractivity (Wildman–Crippen MR) is 230 cm³/mol. The Hall–Kier alpha value is -5.06. The number of nitrogens with zero attached hydrogens (tertiary/aromatic N) is 8. The molecule has 6 atom stereocenters. The Morgan fingerprint density at radius 2 is 1.13 bits per heavy atom. The molecule has 9 heterocycles. The number of carbonyl (C=O) groups excluding carboxylic acids is 4. The van der Waals surface area contributed by atoms with Crippen molar-refractivity contribution in [3.8, 4) is 0 Å². The fourth-order valence-electron chi connectivity index (χ4n) is 12.2. The van der Waals surface area contributed by atoms with Gasteiger partial charge in [0, 0.05) is 94.5 Å². The van der Waals surface area contributed by atoms with Crippen LogP contribution in [-0.4, -0.2) is 166 Å². The lowest BCUT2D eigenvalue weighted by molar-refractivity contribution is -0.134. The molecule has 1 saturated carbocycles. The van der Waals surface area contributed by atoms with Crippen molar-refractivity contribution in [3.05, 3.63) is 84.2 Å². The molecule has 1 N–H and O–H groups in total. The molecule has 0 bridgehead atoms. The van der Waals surface area contributed by atoms with E-state index in [1.54, 1.807) is 0 Å². The number of para-hydroxylation sites is 2. The molecule has 8 aliphatic rings. The summed E-state index contributed by atoms with van der Waals surface area (Å²) in [5, 5.41) is 5.52. The van der Waals surface area contributed by atoms with Crippen LogP contribution < -0.4 is 5.32 Å². The van der Waals surface area contributed by atoms with E-state index < -0.39 is 11.1 Å². The van der Waals surface area contributed by atoms with E-state index in [2.05, 4.69) is 43.3 Å². The highest BCUT2D eigenvalue weighted by Crippen LogP contribution is 2.58. The van der Waals surface area contributed by atoms with E-state index in [9.17, 15) is 19.2 Å². The van der Waals surface area contributed by atoms with Crippen LogP contribution in [0.15, 0.2) is 73.1 Å². The van der Waals surface area contributed by atoms with Crippen LogP contribution in [0.25, 0.3) is 21.8 Å². The van der Waals surface area contributed by atoms with Crippen LogP contribution in [-0.2, 0) is 19.1 Å². The van der Waals surface area contributed by atoms with Gasteiger partial charge in [0.15, 0.2) is 0 Å². The number of nitrogens with one attached hydrogen (secondary N) is 1. The molecule has 0 radical (unpaired) electrons. The molecule has 324 valence electrons. The summed E-state index contributed by atoms with van der Waals surface area (Å²) in [6, 6.07) is 19.9. The number of rotatable bonds is 8. The minimum absolute atomic E-state index is 0.0305. The van der Waals surface area contributed by atoms with Crippen molar-refractivity contribution in [1.82, 2.24) is 44.7 Å². The average Bonchev–Trinajstić information content (AvgIpc) is 4.13. The molecule has 15 nitrogen and oxygen atoms in total. The fourth-order valence-corrected chi connectivity index (χ4v) is 12.2. The summed E-state index contributed by atoms with van der Waals surface area (Å²) in [5.41, 5.74) is 2.57. The number of morpholine rings is 2. The number of imide groups is 2. The molecule has 7 aliphatic heterocycles. The van der Waals surface area contributed by atoms with Crippen LogP contribution in [0.2, 0.25) is 0 Å². The van der Waals surface area contributed by atoms with E-state index in [-0.39, 0.29) is 47.8 Å². The minimum Gasteiger partial charge on any atom is -0.379 e. The number of urea groups is 2. The molecule has 2 aromatic heterocycles. The average molecular weight is 842 g/mol. The second-order valence-electron chi connectivity index (χ2n) is 18.3. The van der Waals surface area contributed by atoms with Crippen LogP contribution in [0, 0.1) is 11.8 Å². The largest absolute Gasteiger partial charge is 0.379 e. The number of amides is 6. The fraction of sp³-hybridized carbons (Fsp3) is 0.532. The third-order valence-corrected chi connectivity index (χ3v) is 15.3. The van der Waals surface area contributed by atoms with Crippen LogP contribution in [0.3, 0.4) is 0 Å². The normalized spacial score (nSPS) is 31.0. The van der Waals surface area contributed by atoms with Crippen molar-refractivity contribution in [1.29, 1.82) is 0 Å². The maximum absolute atomic E-state index is 13.7. The number of aromatic nitrogens is 2. The quantitative estimate of drug-likeness (QED) is 0.257. The summed E-state index contributed by atoms with van der Waals surface area (Å²) >= 11 is 0. The first-order valence-corrected chi connectivity index (χ1v) is 22.7. The summed E-state index contributed by atoms with van der Waals surface area (Å²) in [5.74, 6) is 0.379. The van der Waals surface area contributed by atoms with E-state index in [4.69, 9.17) is 9.47 Å². The molecule has 12 rings (SSSR count). The molecule has 62 heavy (non-hydrogen) atoms. The number of carbonyl (C=O) groups is 4. The van der Waals surface area contributed by atoms with Gasteiger partial charge < -0.3 is 24.6 Å². The summed E-state index contributed by atoms with van der Waals surface area (Å²) in [7, 11) is 0. The van der Waals surface area contributed by atoms with Crippen molar-refractivity contribution in [2.24, 2.45) is 11.8 Å². The topological polar surface area (TPSA) is 144 Å². The van der Waals surface area contributed by atoms with E-state index in [1.807, 2.05) is 64.7 Å². The Bertz CT molecular complexity index is 2240. The van der Waals surface area contributed by atoms with Gasteiger partial charge in [0.25, 0.3) is 11.8 Å². The van der Waals surface area contributed by atoms with Crippen molar-refractivity contribution in [2.45, 2.75) is 55.3 Å². The van der Waals surface area contributed by atoms with Gasteiger partial charge in [-0.1, -0.05) is 42.8 Å². The summed E-state index contributed by atoms with van der Waals surface area (Å²) in [6.45, 7) is 9.90. The van der Waals surface area contributed by atoms with Crippen LogP contribution in [0.4, 0.5) is 9.59 Å². The molecule has 2 spiro atoms. The number of pyridine rings is 2. The Labute approximate surface area is 361 Å². The second-order valence-corrected chi connectivity index (χ2v) is 18.3. The van der Waals surface area contributed by atoms with E-state index in [0.29, 0.717) is 39.4 Å². The Morgan fingerprint density at radius 3 is 1.69 bits per heavy atom. The smallest absolute Gasteiger partial charge is 0.328 e. The highest BCUT2D eigenvalue weighted by Gasteiger charge is 2.70. The van der Waals surface area contributed by atoms with Crippen LogP contribution >= 0.6 is 0 Å². The molecular weight excluding hydrogens is 787 g/mol. The van der Waals surface area contributed by atoms with Gasteiger partial charge in [-0.15, -0.1) is 0 Å².